The van der Waals surface area contributed by atoms with Crippen LogP contribution in [0.2, 0.25) is 0 Å². The maximum atomic E-state index is 12.2. The van der Waals surface area contributed by atoms with Crippen LogP contribution in [0.15, 0.2) is 11.6 Å². The smallest absolute Gasteiger partial charge is 0.242 e. The van der Waals surface area contributed by atoms with Crippen molar-refractivity contribution in [2.24, 2.45) is 0 Å². The molecule has 108 valence electrons. The van der Waals surface area contributed by atoms with E-state index in [1.54, 1.807) is 17.5 Å². The molecule has 2 atom stereocenters. The monoisotopic (exact) mass is 304 g/mol. The largest absolute Gasteiger partial charge is 0.353 e. The Morgan fingerprint density at radius 2 is 2.47 bits per heavy atom. The van der Waals surface area contributed by atoms with E-state index in [1.165, 1.54) is 0 Å². The summed E-state index contributed by atoms with van der Waals surface area (Å²) in [5.41, 5.74) is 0. The lowest BCUT2D eigenvalue weighted by Crippen LogP contribution is -2.46. The van der Waals surface area contributed by atoms with Crippen LogP contribution in [0.1, 0.15) is 19.8 Å². The van der Waals surface area contributed by atoms with Crippen molar-refractivity contribution in [3.8, 4) is 0 Å². The summed E-state index contributed by atoms with van der Waals surface area (Å²) >= 11 is 1.59. The first-order valence-corrected chi connectivity index (χ1v) is 7.21. The number of aromatic nitrogens is 1. The maximum absolute atomic E-state index is 12.2. The second kappa shape index (κ2) is 7.67. The lowest BCUT2D eigenvalue weighted by Gasteiger charge is -2.23. The van der Waals surface area contributed by atoms with Gasteiger partial charge in [0.25, 0.3) is 0 Å². The molecule has 5 nitrogen and oxygen atoms in total. The molecule has 1 aliphatic rings. The molecule has 2 rings (SSSR count). The van der Waals surface area contributed by atoms with E-state index in [0.29, 0.717) is 12.6 Å². The molecule has 0 spiro atoms. The van der Waals surface area contributed by atoms with Crippen LogP contribution in [0.4, 0.5) is 5.13 Å². The van der Waals surface area contributed by atoms with Gasteiger partial charge in [0.1, 0.15) is 6.04 Å². The third-order valence-electron chi connectivity index (χ3n) is 3.30. The number of rotatable bonds is 5. The first-order valence-electron chi connectivity index (χ1n) is 6.33. The highest BCUT2D eigenvalue weighted by molar-refractivity contribution is 7.13. The van der Waals surface area contributed by atoms with E-state index >= 15 is 0 Å². The second-order valence-electron chi connectivity index (χ2n) is 4.60. The molecule has 1 saturated heterocycles. The SMILES string of the molecule is CNC(C)CNC(=O)C1CCCN1c1nccs1.Cl. The zero-order valence-corrected chi connectivity index (χ0v) is 12.9. The Balaban J connectivity index is 0.00000180. The molecule has 0 radical (unpaired) electrons. The fourth-order valence-corrected chi connectivity index (χ4v) is 2.82. The quantitative estimate of drug-likeness (QED) is 0.860. The van der Waals surface area contributed by atoms with Crippen molar-refractivity contribution < 1.29 is 4.79 Å². The highest BCUT2D eigenvalue weighted by atomic mass is 35.5. The third-order valence-corrected chi connectivity index (χ3v) is 4.10. The van der Waals surface area contributed by atoms with Crippen molar-refractivity contribution in [1.82, 2.24) is 15.6 Å². The van der Waals surface area contributed by atoms with E-state index in [9.17, 15) is 4.79 Å². The molecule has 1 aromatic heterocycles. The summed E-state index contributed by atoms with van der Waals surface area (Å²) in [5, 5.41) is 9.02. The highest BCUT2D eigenvalue weighted by Gasteiger charge is 2.31. The number of carbonyl (C=O) groups excluding carboxylic acids is 1. The number of nitrogens with zero attached hydrogens (tertiary/aromatic N) is 2. The number of anilines is 1. The number of hydrogen-bond acceptors (Lipinski definition) is 5. The maximum Gasteiger partial charge on any atom is 0.242 e. The van der Waals surface area contributed by atoms with Crippen molar-refractivity contribution in [1.29, 1.82) is 0 Å². The van der Waals surface area contributed by atoms with Crippen LogP contribution in [-0.4, -0.2) is 43.1 Å². The first kappa shape index (κ1) is 16.2. The average molecular weight is 305 g/mol. The molecule has 1 aromatic rings. The van der Waals surface area contributed by atoms with E-state index in [4.69, 9.17) is 0 Å². The topological polar surface area (TPSA) is 57.3 Å². The lowest BCUT2D eigenvalue weighted by atomic mass is 10.2. The van der Waals surface area contributed by atoms with E-state index in [0.717, 1.165) is 24.5 Å². The Morgan fingerprint density at radius 1 is 1.68 bits per heavy atom. The van der Waals surface area contributed by atoms with Gasteiger partial charge in [-0.1, -0.05) is 0 Å². The fourth-order valence-electron chi connectivity index (χ4n) is 2.10. The highest BCUT2D eigenvalue weighted by Crippen LogP contribution is 2.27. The number of amides is 1. The summed E-state index contributed by atoms with van der Waals surface area (Å²) in [5.74, 6) is 0.116. The molecule has 0 bridgehead atoms. The van der Waals surface area contributed by atoms with Gasteiger partial charge in [-0.3, -0.25) is 4.79 Å². The third kappa shape index (κ3) is 4.06. The van der Waals surface area contributed by atoms with Gasteiger partial charge in [-0.15, -0.1) is 23.7 Å². The average Bonchev–Trinajstić information content (AvgIpc) is 3.04. The van der Waals surface area contributed by atoms with Crippen molar-refractivity contribution >= 4 is 34.8 Å². The molecule has 0 saturated carbocycles. The van der Waals surface area contributed by atoms with Gasteiger partial charge in [-0.2, -0.15) is 0 Å². The van der Waals surface area contributed by atoms with Crippen molar-refractivity contribution in [2.45, 2.75) is 31.8 Å². The minimum absolute atomic E-state index is 0. The van der Waals surface area contributed by atoms with Crippen LogP contribution in [-0.2, 0) is 4.79 Å². The zero-order valence-electron chi connectivity index (χ0n) is 11.3. The van der Waals surface area contributed by atoms with Crippen LogP contribution < -0.4 is 15.5 Å². The van der Waals surface area contributed by atoms with Crippen molar-refractivity contribution in [2.75, 3.05) is 25.0 Å². The molecule has 0 aliphatic carbocycles. The Hall–Kier alpha value is -0.850. The van der Waals surface area contributed by atoms with Gasteiger partial charge >= 0.3 is 0 Å². The number of carbonyl (C=O) groups is 1. The van der Waals surface area contributed by atoms with Gasteiger partial charge in [0.2, 0.25) is 5.91 Å². The summed E-state index contributed by atoms with van der Waals surface area (Å²) in [4.78, 5) is 18.6. The van der Waals surface area contributed by atoms with E-state index in [1.807, 2.05) is 19.4 Å². The number of hydrogen-bond donors (Lipinski definition) is 2. The van der Waals surface area contributed by atoms with E-state index in [2.05, 4.69) is 20.5 Å². The first-order chi connectivity index (χ1) is 8.72. The molecule has 2 N–H and O–H groups in total. The molecular formula is C12H21ClN4OS. The Labute approximate surface area is 124 Å². The fraction of sp³-hybridized carbons (Fsp3) is 0.667. The molecule has 1 fully saturated rings. The van der Waals surface area contributed by atoms with Crippen LogP contribution in [0.5, 0.6) is 0 Å². The van der Waals surface area contributed by atoms with E-state index in [-0.39, 0.29) is 24.4 Å². The van der Waals surface area contributed by atoms with Crippen LogP contribution in [0.3, 0.4) is 0 Å². The van der Waals surface area contributed by atoms with Crippen molar-refractivity contribution in [3.05, 3.63) is 11.6 Å². The minimum Gasteiger partial charge on any atom is -0.353 e. The summed E-state index contributed by atoms with van der Waals surface area (Å²) in [6.07, 6.45) is 3.76. The predicted molar refractivity (Wildman–Crippen MR) is 81.3 cm³/mol. The summed E-state index contributed by atoms with van der Waals surface area (Å²) in [6, 6.07) is 0.240. The molecule has 2 heterocycles. The molecule has 2 unspecified atom stereocenters. The number of halogens is 1. The van der Waals surface area contributed by atoms with Crippen molar-refractivity contribution in [3.63, 3.8) is 0 Å². The van der Waals surface area contributed by atoms with Crippen LogP contribution in [0, 0.1) is 0 Å². The molecular weight excluding hydrogens is 284 g/mol. The Morgan fingerprint density at radius 3 is 3.11 bits per heavy atom. The number of nitrogens with one attached hydrogen (secondary N) is 2. The molecule has 1 aliphatic heterocycles. The minimum atomic E-state index is -0.0554. The number of likely N-dealkylation sites (N-methyl/N-ethyl adjacent to an activating group) is 1. The summed E-state index contributed by atoms with van der Waals surface area (Å²) < 4.78 is 0. The lowest BCUT2D eigenvalue weighted by molar-refractivity contribution is -0.122. The molecule has 0 aromatic carbocycles. The summed E-state index contributed by atoms with van der Waals surface area (Å²) in [6.45, 7) is 3.64. The Kier molecular flexibility index (Phi) is 6.54. The van der Waals surface area contributed by atoms with Gasteiger partial charge in [-0.05, 0) is 26.8 Å². The molecule has 7 heteroatoms. The summed E-state index contributed by atoms with van der Waals surface area (Å²) in [7, 11) is 1.90. The normalized spacial score (nSPS) is 19.9. The standard InChI is InChI=1S/C12H20N4OS.ClH/c1-9(13-2)8-15-11(17)10-4-3-6-16(10)12-14-5-7-18-12;/h5,7,9-10,13H,3-4,6,8H2,1-2H3,(H,15,17);1H. The van der Waals surface area contributed by atoms with Crippen LogP contribution in [0.25, 0.3) is 0 Å². The Bertz CT molecular complexity index is 387. The number of thiazole rings is 1. The van der Waals surface area contributed by atoms with Gasteiger partial charge in [0, 0.05) is 30.7 Å². The van der Waals surface area contributed by atoms with Gasteiger partial charge < -0.3 is 15.5 Å². The van der Waals surface area contributed by atoms with Crippen LogP contribution >= 0.6 is 23.7 Å². The van der Waals surface area contributed by atoms with E-state index < -0.39 is 0 Å². The zero-order chi connectivity index (χ0) is 13.0. The van der Waals surface area contributed by atoms with Gasteiger partial charge in [0.15, 0.2) is 5.13 Å². The van der Waals surface area contributed by atoms with Gasteiger partial charge in [0.05, 0.1) is 0 Å². The predicted octanol–water partition coefficient (Wildman–Crippen LogP) is 1.26. The van der Waals surface area contributed by atoms with Gasteiger partial charge in [-0.25, -0.2) is 4.98 Å². The molecule has 19 heavy (non-hydrogen) atoms. The molecule has 1 amide bonds. The second-order valence-corrected chi connectivity index (χ2v) is 5.47.